The van der Waals surface area contributed by atoms with Crippen molar-refractivity contribution >= 4 is 38.9 Å². The number of alkyl halides is 3. The summed E-state index contributed by atoms with van der Waals surface area (Å²) in [6, 6.07) is 11.3. The molecule has 1 aliphatic heterocycles. The van der Waals surface area contributed by atoms with Gasteiger partial charge in [-0.2, -0.15) is 22.6 Å². The van der Waals surface area contributed by atoms with Crippen LogP contribution < -0.4 is 5.32 Å². The van der Waals surface area contributed by atoms with E-state index in [0.29, 0.717) is 46.8 Å². The number of carbonyl (C=O) groups is 1. The number of sulfonamides is 1. The highest BCUT2D eigenvalue weighted by atomic mass is 35.5. The summed E-state index contributed by atoms with van der Waals surface area (Å²) >= 11 is 6.07. The molecule has 2 aromatic carbocycles. The quantitative estimate of drug-likeness (QED) is 0.365. The third-order valence-corrected chi connectivity index (χ3v) is 8.97. The van der Waals surface area contributed by atoms with Gasteiger partial charge in [-0.3, -0.25) is 4.79 Å². The molecule has 210 valence electrons. The first-order chi connectivity index (χ1) is 18.8. The Balaban J connectivity index is 1.50. The number of nitrogens with zero attached hydrogens (tertiary/aromatic N) is 5. The average Bonchev–Trinajstić information content (AvgIpc) is 3.34. The third-order valence-electron chi connectivity index (χ3n) is 6.65. The number of anilines is 1. The zero-order chi connectivity index (χ0) is 28.8. The van der Waals surface area contributed by atoms with Gasteiger partial charge in [0.05, 0.1) is 16.8 Å². The van der Waals surface area contributed by atoms with E-state index in [1.807, 2.05) is 11.9 Å². The minimum Gasteiger partial charge on any atom is -0.322 e. The lowest BCUT2D eigenvalue weighted by Crippen LogP contribution is -2.47. The molecule has 3 heterocycles. The van der Waals surface area contributed by atoms with Gasteiger partial charge in [0.2, 0.25) is 10.0 Å². The lowest BCUT2D eigenvalue weighted by molar-refractivity contribution is -0.142. The second kappa shape index (κ2) is 10.5. The second-order valence-corrected chi connectivity index (χ2v) is 11.8. The maximum Gasteiger partial charge on any atom is 0.433 e. The zero-order valence-corrected chi connectivity index (χ0v) is 23.0. The van der Waals surface area contributed by atoms with Crippen LogP contribution in [-0.2, 0) is 16.2 Å². The highest BCUT2D eigenvalue weighted by Crippen LogP contribution is 2.34. The van der Waals surface area contributed by atoms with Gasteiger partial charge in [-0.05, 0) is 55.9 Å². The van der Waals surface area contributed by atoms with Gasteiger partial charge in [-0.1, -0.05) is 23.7 Å². The largest absolute Gasteiger partial charge is 0.433 e. The number of halogens is 4. The molecule has 4 aromatic rings. The zero-order valence-electron chi connectivity index (χ0n) is 21.4. The molecule has 0 bridgehead atoms. The molecule has 1 fully saturated rings. The fourth-order valence-electron chi connectivity index (χ4n) is 4.39. The van der Waals surface area contributed by atoms with E-state index in [1.165, 1.54) is 34.6 Å². The molecular formula is C26H24ClF3N6O3S. The van der Waals surface area contributed by atoms with Crippen molar-refractivity contribution in [2.75, 3.05) is 38.5 Å². The summed E-state index contributed by atoms with van der Waals surface area (Å²) < 4.78 is 70.1. The Morgan fingerprint density at radius 2 is 1.77 bits per heavy atom. The number of amides is 1. The number of aromatic nitrogens is 3. The van der Waals surface area contributed by atoms with Gasteiger partial charge in [0, 0.05) is 42.5 Å². The molecule has 1 amide bonds. The summed E-state index contributed by atoms with van der Waals surface area (Å²) in [4.78, 5) is 19.6. The van der Waals surface area contributed by atoms with Crippen molar-refractivity contribution in [1.82, 2.24) is 23.8 Å². The van der Waals surface area contributed by atoms with Gasteiger partial charge in [0.15, 0.2) is 11.3 Å². The minimum absolute atomic E-state index is 0.00686. The van der Waals surface area contributed by atoms with Gasteiger partial charge in [-0.25, -0.2) is 17.9 Å². The molecule has 2 aromatic heterocycles. The van der Waals surface area contributed by atoms with E-state index in [-0.39, 0.29) is 27.5 Å². The summed E-state index contributed by atoms with van der Waals surface area (Å²) in [5.41, 5.74) is -0.480. The molecule has 0 radical (unpaired) electrons. The van der Waals surface area contributed by atoms with Crippen LogP contribution in [-0.4, -0.2) is 71.4 Å². The molecule has 9 nitrogen and oxygen atoms in total. The Morgan fingerprint density at radius 1 is 1.05 bits per heavy atom. The summed E-state index contributed by atoms with van der Waals surface area (Å²) in [7, 11) is -1.90. The summed E-state index contributed by atoms with van der Waals surface area (Å²) in [6.07, 6.45) is -3.79. The van der Waals surface area contributed by atoms with Gasteiger partial charge in [-0.15, -0.1) is 0 Å². The molecule has 5 rings (SSSR count). The van der Waals surface area contributed by atoms with Crippen molar-refractivity contribution < 1.29 is 26.4 Å². The molecule has 1 aliphatic rings. The lowest BCUT2D eigenvalue weighted by atomic mass is 10.1. The van der Waals surface area contributed by atoms with Crippen LogP contribution in [0.25, 0.3) is 16.9 Å². The fourth-order valence-corrected chi connectivity index (χ4v) is 5.97. The molecule has 1 N–H and O–H groups in total. The first kappa shape index (κ1) is 28.0. The normalized spacial score (nSPS) is 15.4. The summed E-state index contributed by atoms with van der Waals surface area (Å²) in [6.45, 7) is 3.57. The van der Waals surface area contributed by atoms with E-state index in [0.717, 1.165) is 12.3 Å². The molecule has 14 heteroatoms. The van der Waals surface area contributed by atoms with E-state index in [9.17, 15) is 26.4 Å². The van der Waals surface area contributed by atoms with Crippen molar-refractivity contribution in [3.05, 3.63) is 76.6 Å². The average molecular weight is 593 g/mol. The first-order valence-corrected chi connectivity index (χ1v) is 14.0. The van der Waals surface area contributed by atoms with Gasteiger partial charge < -0.3 is 10.2 Å². The molecule has 0 spiro atoms. The number of carbonyl (C=O) groups excluding carboxylic acids is 1. The predicted octanol–water partition coefficient (Wildman–Crippen LogP) is 4.57. The van der Waals surface area contributed by atoms with Crippen LogP contribution >= 0.6 is 11.6 Å². The van der Waals surface area contributed by atoms with Gasteiger partial charge in [0.1, 0.15) is 5.56 Å². The standard InChI is InChI=1S/C26H24ClF3N6O3S/c1-16-12-17(6-7-21(16)27)22-14-23(26(28,29)30)36-24(33-22)20(15-31-36)25(37)32-18-4-3-5-19(13-18)40(38,39)35-10-8-34(2)9-11-35/h3-7,12-15H,8-11H2,1-2H3,(H,32,37). The maximum absolute atomic E-state index is 14.0. The highest BCUT2D eigenvalue weighted by molar-refractivity contribution is 7.89. The predicted molar refractivity (Wildman–Crippen MR) is 144 cm³/mol. The number of hydrogen-bond acceptors (Lipinski definition) is 6. The number of likely N-dealkylation sites (N-methyl/N-ethyl adjacent to an activating group) is 1. The van der Waals surface area contributed by atoms with E-state index >= 15 is 0 Å². The van der Waals surface area contributed by atoms with Crippen molar-refractivity contribution in [2.24, 2.45) is 0 Å². The van der Waals surface area contributed by atoms with Crippen molar-refractivity contribution in [3.63, 3.8) is 0 Å². The number of hydrogen-bond donors (Lipinski definition) is 1. The SMILES string of the molecule is Cc1cc(-c2cc(C(F)(F)F)n3ncc(C(=O)Nc4cccc(S(=O)(=O)N5CCN(C)CC5)c4)c3n2)ccc1Cl. The highest BCUT2D eigenvalue weighted by Gasteiger charge is 2.36. The molecule has 0 atom stereocenters. The number of rotatable bonds is 5. The van der Waals surface area contributed by atoms with Crippen molar-refractivity contribution in [3.8, 4) is 11.3 Å². The van der Waals surface area contributed by atoms with Gasteiger partial charge in [0.25, 0.3) is 5.91 Å². The van der Waals surface area contributed by atoms with Crippen LogP contribution in [0, 0.1) is 6.92 Å². The molecule has 0 unspecified atom stereocenters. The van der Waals surface area contributed by atoms with E-state index in [4.69, 9.17) is 11.6 Å². The Kier molecular flexibility index (Phi) is 7.33. The van der Waals surface area contributed by atoms with Crippen molar-refractivity contribution in [1.29, 1.82) is 0 Å². The van der Waals surface area contributed by atoms with E-state index in [2.05, 4.69) is 15.4 Å². The second-order valence-electron chi connectivity index (χ2n) is 9.47. The number of nitrogens with one attached hydrogen (secondary N) is 1. The number of benzene rings is 2. The first-order valence-electron chi connectivity index (χ1n) is 12.2. The molecule has 0 aliphatic carbocycles. The van der Waals surface area contributed by atoms with Crippen LogP contribution in [0.5, 0.6) is 0 Å². The van der Waals surface area contributed by atoms with Gasteiger partial charge >= 0.3 is 6.18 Å². The van der Waals surface area contributed by atoms with Crippen LogP contribution in [0.3, 0.4) is 0 Å². The summed E-state index contributed by atoms with van der Waals surface area (Å²) in [5, 5.41) is 6.80. The topological polar surface area (TPSA) is 99.9 Å². The monoisotopic (exact) mass is 592 g/mol. The van der Waals surface area contributed by atoms with E-state index in [1.54, 1.807) is 19.1 Å². The molecule has 0 saturated carbocycles. The Labute approximate surface area is 233 Å². The van der Waals surface area contributed by atoms with Crippen LogP contribution in [0.2, 0.25) is 5.02 Å². The molecule has 1 saturated heterocycles. The Hall–Kier alpha value is -3.52. The Morgan fingerprint density at radius 3 is 2.45 bits per heavy atom. The maximum atomic E-state index is 14.0. The number of aryl methyl sites for hydroxylation is 1. The minimum atomic E-state index is -4.79. The van der Waals surface area contributed by atoms with E-state index < -0.39 is 27.8 Å². The molecule has 40 heavy (non-hydrogen) atoms. The van der Waals surface area contributed by atoms with Crippen LogP contribution in [0.15, 0.2) is 59.6 Å². The lowest BCUT2D eigenvalue weighted by Gasteiger charge is -2.31. The number of piperazine rings is 1. The van der Waals surface area contributed by atoms with Crippen LogP contribution in [0.1, 0.15) is 21.6 Å². The summed E-state index contributed by atoms with van der Waals surface area (Å²) in [5.74, 6) is -0.797. The van der Waals surface area contributed by atoms with Crippen molar-refractivity contribution in [2.45, 2.75) is 18.0 Å². The third kappa shape index (κ3) is 5.42. The Bertz CT molecular complexity index is 1720. The van der Waals surface area contributed by atoms with Crippen LogP contribution in [0.4, 0.5) is 18.9 Å². The fraction of sp³-hybridized carbons (Fsp3) is 0.269. The number of fused-ring (bicyclic) bond motifs is 1. The smallest absolute Gasteiger partial charge is 0.322 e. The molecular weight excluding hydrogens is 569 g/mol.